The molecule has 1 aliphatic heterocycles. The molecular weight excluding hydrogens is 242 g/mol. The summed E-state index contributed by atoms with van der Waals surface area (Å²) in [4.78, 5) is 4.31. The van der Waals surface area contributed by atoms with Crippen LogP contribution in [0.25, 0.3) is 0 Å². The van der Waals surface area contributed by atoms with Gasteiger partial charge in [-0.15, -0.1) is 0 Å². The average Bonchev–Trinajstić information content (AvgIpc) is 2.71. The molecule has 0 aliphatic carbocycles. The highest BCUT2D eigenvalue weighted by Gasteiger charge is 2.23. The molecule has 0 radical (unpaired) electrons. The van der Waals surface area contributed by atoms with Crippen molar-refractivity contribution in [1.82, 2.24) is 10.3 Å². The highest BCUT2D eigenvalue weighted by molar-refractivity contribution is 9.10. The third-order valence-electron chi connectivity index (χ3n) is 2.62. The largest absolute Gasteiger partial charge is 0.321 e. The molecule has 76 valence electrons. The van der Waals surface area contributed by atoms with Crippen molar-refractivity contribution in [3.8, 4) is 0 Å². The molecule has 1 aromatic heterocycles. The van der Waals surface area contributed by atoms with Crippen LogP contribution in [0, 0.1) is 0 Å². The molecule has 1 aliphatic rings. The van der Waals surface area contributed by atoms with E-state index in [2.05, 4.69) is 26.2 Å². The van der Waals surface area contributed by atoms with Crippen LogP contribution in [-0.4, -0.2) is 17.6 Å². The van der Waals surface area contributed by atoms with Crippen LogP contribution in [0.4, 0.5) is 0 Å². The minimum absolute atomic E-state index is 0.0191. The van der Waals surface area contributed by atoms with E-state index in [0.29, 0.717) is 6.04 Å². The summed E-state index contributed by atoms with van der Waals surface area (Å²) >= 11 is 3.36. The number of hydrogen-bond acceptors (Lipinski definition) is 3. The Hall–Kier alpha value is -0.450. The van der Waals surface area contributed by atoms with Crippen molar-refractivity contribution in [3.05, 3.63) is 28.5 Å². The average molecular weight is 256 g/mol. The predicted molar refractivity (Wildman–Crippen MR) is 59.9 cm³/mol. The Balaban J connectivity index is 2.09. The van der Waals surface area contributed by atoms with Crippen LogP contribution in [0.1, 0.15) is 24.6 Å². The van der Waals surface area contributed by atoms with Crippen LogP contribution in [-0.2, 0) is 0 Å². The summed E-state index contributed by atoms with van der Waals surface area (Å²) in [5.74, 6) is 0. The summed E-state index contributed by atoms with van der Waals surface area (Å²) in [6, 6.07) is 4.38. The Kier molecular flexibility index (Phi) is 3.15. The summed E-state index contributed by atoms with van der Waals surface area (Å²) in [6.45, 7) is 1.08. The molecule has 1 saturated heterocycles. The molecule has 1 unspecified atom stereocenters. The van der Waals surface area contributed by atoms with Gasteiger partial charge in [0, 0.05) is 16.7 Å². The molecule has 4 heteroatoms. The third-order valence-corrected chi connectivity index (χ3v) is 3.09. The molecule has 0 bridgehead atoms. The van der Waals surface area contributed by atoms with E-state index >= 15 is 0 Å². The minimum atomic E-state index is 0.0191. The smallest absolute Gasteiger partial charge is 0.0625 e. The molecule has 3 nitrogen and oxygen atoms in total. The molecule has 0 aromatic carbocycles. The van der Waals surface area contributed by atoms with Gasteiger partial charge in [-0.25, -0.2) is 0 Å². The lowest BCUT2D eigenvalue weighted by Crippen LogP contribution is -2.34. The van der Waals surface area contributed by atoms with Gasteiger partial charge in [0.15, 0.2) is 0 Å². The second-order valence-corrected chi connectivity index (χ2v) is 4.55. The van der Waals surface area contributed by atoms with E-state index < -0.39 is 0 Å². The first-order valence-electron chi connectivity index (χ1n) is 4.88. The number of hydrogen-bond donors (Lipinski definition) is 2. The zero-order valence-corrected chi connectivity index (χ0v) is 9.50. The molecule has 0 spiro atoms. The first-order chi connectivity index (χ1) is 6.77. The van der Waals surface area contributed by atoms with E-state index in [-0.39, 0.29) is 6.04 Å². The number of nitrogens with zero attached hydrogens (tertiary/aromatic N) is 1. The van der Waals surface area contributed by atoms with Crippen molar-refractivity contribution in [1.29, 1.82) is 0 Å². The monoisotopic (exact) mass is 255 g/mol. The maximum absolute atomic E-state index is 6.11. The molecule has 0 amide bonds. The number of nitrogens with two attached hydrogens (primary N) is 1. The molecule has 3 N–H and O–H groups in total. The zero-order chi connectivity index (χ0) is 9.97. The molecule has 0 saturated carbocycles. The molecule has 14 heavy (non-hydrogen) atoms. The Labute approximate surface area is 92.2 Å². The van der Waals surface area contributed by atoms with Crippen molar-refractivity contribution >= 4 is 15.9 Å². The van der Waals surface area contributed by atoms with Gasteiger partial charge in [0.05, 0.1) is 11.7 Å². The third kappa shape index (κ3) is 2.13. The summed E-state index contributed by atoms with van der Waals surface area (Å²) in [7, 11) is 0. The number of aromatic nitrogens is 1. The Morgan fingerprint density at radius 3 is 3.00 bits per heavy atom. The van der Waals surface area contributed by atoms with Crippen molar-refractivity contribution in [3.63, 3.8) is 0 Å². The van der Waals surface area contributed by atoms with Crippen molar-refractivity contribution < 1.29 is 0 Å². The zero-order valence-electron chi connectivity index (χ0n) is 7.91. The van der Waals surface area contributed by atoms with E-state index in [1.54, 1.807) is 6.20 Å². The topological polar surface area (TPSA) is 50.9 Å². The summed E-state index contributed by atoms with van der Waals surface area (Å²) < 4.78 is 0.993. The second kappa shape index (κ2) is 4.38. The molecule has 2 atom stereocenters. The van der Waals surface area contributed by atoms with E-state index in [9.17, 15) is 0 Å². The Bertz CT molecular complexity index is 293. The first-order valence-corrected chi connectivity index (χ1v) is 5.67. The van der Waals surface area contributed by atoms with Crippen molar-refractivity contribution in [2.45, 2.75) is 24.9 Å². The van der Waals surface area contributed by atoms with Gasteiger partial charge in [0.1, 0.15) is 0 Å². The van der Waals surface area contributed by atoms with Crippen molar-refractivity contribution in [2.24, 2.45) is 5.73 Å². The van der Waals surface area contributed by atoms with Gasteiger partial charge in [-0.3, -0.25) is 4.98 Å². The van der Waals surface area contributed by atoms with Gasteiger partial charge in [-0.05, 0) is 47.4 Å². The fourth-order valence-electron chi connectivity index (χ4n) is 1.81. The highest BCUT2D eigenvalue weighted by atomic mass is 79.9. The van der Waals surface area contributed by atoms with Gasteiger partial charge < -0.3 is 11.1 Å². The number of pyridine rings is 1. The predicted octanol–water partition coefficient (Wildman–Crippen LogP) is 1.60. The maximum Gasteiger partial charge on any atom is 0.0625 e. The van der Waals surface area contributed by atoms with E-state index in [1.807, 2.05) is 12.1 Å². The van der Waals surface area contributed by atoms with Crippen LogP contribution >= 0.6 is 15.9 Å². The first kappa shape index (κ1) is 10.1. The van der Waals surface area contributed by atoms with Crippen LogP contribution in [0.2, 0.25) is 0 Å². The summed E-state index contributed by atoms with van der Waals surface area (Å²) in [6.07, 6.45) is 4.16. The molecular formula is C10H14BrN3. The van der Waals surface area contributed by atoms with Gasteiger partial charge in [-0.1, -0.05) is 0 Å². The van der Waals surface area contributed by atoms with Gasteiger partial charge in [-0.2, -0.15) is 0 Å². The van der Waals surface area contributed by atoms with E-state index in [1.165, 1.54) is 6.42 Å². The second-order valence-electron chi connectivity index (χ2n) is 3.63. The van der Waals surface area contributed by atoms with E-state index in [4.69, 9.17) is 5.73 Å². The lowest BCUT2D eigenvalue weighted by Gasteiger charge is -2.18. The van der Waals surface area contributed by atoms with Crippen LogP contribution in [0.5, 0.6) is 0 Å². The summed E-state index contributed by atoms with van der Waals surface area (Å²) in [5, 5.41) is 3.39. The molecule has 1 aromatic rings. The van der Waals surface area contributed by atoms with Crippen LogP contribution < -0.4 is 11.1 Å². The molecule has 2 heterocycles. The lowest BCUT2D eigenvalue weighted by molar-refractivity contribution is 0.491. The minimum Gasteiger partial charge on any atom is -0.321 e. The standard InChI is InChI=1S/C10H14BrN3/c11-7-3-4-9(14-6-7)10(12)8-2-1-5-13-8/h3-4,6,8,10,13H,1-2,5,12H2/t8-,10?/m0/s1. The Morgan fingerprint density at radius 1 is 1.57 bits per heavy atom. The molecule has 1 fully saturated rings. The quantitative estimate of drug-likeness (QED) is 0.844. The fraction of sp³-hybridized carbons (Fsp3) is 0.500. The SMILES string of the molecule is NC(c1ccc(Br)cn1)[C@@H]1CCCN1. The number of rotatable bonds is 2. The van der Waals surface area contributed by atoms with E-state index in [0.717, 1.165) is 23.1 Å². The lowest BCUT2D eigenvalue weighted by atomic mass is 10.0. The van der Waals surface area contributed by atoms with Crippen LogP contribution in [0.3, 0.4) is 0 Å². The van der Waals surface area contributed by atoms with Gasteiger partial charge >= 0.3 is 0 Å². The molecule has 2 rings (SSSR count). The van der Waals surface area contributed by atoms with Gasteiger partial charge in [0.25, 0.3) is 0 Å². The normalized spacial score (nSPS) is 23.7. The van der Waals surface area contributed by atoms with Gasteiger partial charge in [0.2, 0.25) is 0 Å². The Morgan fingerprint density at radius 2 is 2.43 bits per heavy atom. The summed E-state index contributed by atoms with van der Waals surface area (Å²) in [5.41, 5.74) is 7.08. The number of nitrogens with one attached hydrogen (secondary N) is 1. The van der Waals surface area contributed by atoms with Crippen molar-refractivity contribution in [2.75, 3.05) is 6.54 Å². The number of halogens is 1. The van der Waals surface area contributed by atoms with Crippen LogP contribution in [0.15, 0.2) is 22.8 Å². The maximum atomic E-state index is 6.11. The fourth-order valence-corrected chi connectivity index (χ4v) is 2.04. The highest BCUT2D eigenvalue weighted by Crippen LogP contribution is 2.20.